The van der Waals surface area contributed by atoms with Crippen LogP contribution < -0.4 is 30.4 Å². The van der Waals surface area contributed by atoms with Gasteiger partial charge < -0.3 is 18.6 Å². The van der Waals surface area contributed by atoms with Crippen molar-refractivity contribution in [3.63, 3.8) is 0 Å². The summed E-state index contributed by atoms with van der Waals surface area (Å²) in [5.41, 5.74) is 7.36. The number of imidazole rings is 1. The summed E-state index contributed by atoms with van der Waals surface area (Å²) in [4.78, 5) is 12.1. The van der Waals surface area contributed by atoms with E-state index in [9.17, 15) is 0 Å². The van der Waals surface area contributed by atoms with Crippen LogP contribution in [-0.2, 0) is 21.1 Å². The Balaban J connectivity index is 0.00000433. The number of anilines is 3. The van der Waals surface area contributed by atoms with E-state index in [4.69, 9.17) is 14.7 Å². The van der Waals surface area contributed by atoms with E-state index < -0.39 is 8.07 Å². The van der Waals surface area contributed by atoms with E-state index in [2.05, 4.69) is 208 Å². The number of nitrogens with zero attached hydrogens (tertiary/aromatic N) is 5. The zero-order chi connectivity index (χ0) is 41.5. The smallest absolute Gasteiger partial charge is 0.503 e. The van der Waals surface area contributed by atoms with Gasteiger partial charge in [-0.05, 0) is 53.0 Å². The van der Waals surface area contributed by atoms with Crippen LogP contribution in [-0.4, -0.2) is 27.0 Å². The predicted octanol–water partition coefficient (Wildman–Crippen LogP) is 10.7. The summed E-state index contributed by atoms with van der Waals surface area (Å²) in [6.45, 7) is 0. The van der Waals surface area contributed by atoms with Crippen molar-refractivity contribution < 1.29 is 25.8 Å². The van der Waals surface area contributed by atoms with Crippen LogP contribution in [0.5, 0.6) is 11.5 Å². The summed E-state index contributed by atoms with van der Waals surface area (Å²) < 4.78 is 11.4. The van der Waals surface area contributed by atoms with Crippen LogP contribution in [0, 0.1) is 12.1 Å². The molecule has 0 saturated heterocycles. The first-order valence-electron chi connectivity index (χ1n) is 21.2. The first-order valence-corrected chi connectivity index (χ1v) is 23.2. The molecule has 1 aliphatic heterocycles. The molecule has 4 aromatic heterocycles. The van der Waals surface area contributed by atoms with E-state index in [1.54, 1.807) is 0 Å². The number of pyridine rings is 2. The van der Waals surface area contributed by atoms with Crippen LogP contribution in [0.15, 0.2) is 213 Å². The normalized spacial score (nSPS) is 13.0. The summed E-state index contributed by atoms with van der Waals surface area (Å²) in [7, 11) is -3.24. The van der Waals surface area contributed by atoms with Crippen LogP contribution in [0.25, 0.3) is 54.8 Å². The van der Waals surface area contributed by atoms with Crippen molar-refractivity contribution in [3.8, 4) is 17.2 Å². The fourth-order valence-electron chi connectivity index (χ4n) is 10.2. The number of aromatic nitrogens is 4. The molecular weight excluding hydrogens is 982 g/mol. The van der Waals surface area contributed by atoms with Crippen LogP contribution in [0.4, 0.5) is 17.2 Å². The number of hydrogen-bond donors (Lipinski definition) is 0. The maximum Gasteiger partial charge on any atom is 2.00 e. The minimum Gasteiger partial charge on any atom is -0.503 e. The number of hydrogen-bond acceptors (Lipinski definition) is 4. The zero-order valence-corrected chi connectivity index (χ0v) is 37.4. The fourth-order valence-corrected chi connectivity index (χ4v) is 15.5. The van der Waals surface area contributed by atoms with Gasteiger partial charge in [0.05, 0.1) is 16.7 Å². The largest absolute Gasteiger partial charge is 2.00 e. The molecule has 0 unspecified atom stereocenters. The number of fused-ring (bicyclic) bond motifs is 12. The fraction of sp³-hybridized carbons (Fsp3) is 0. The standard InChI is InChI=1S/C56H35N5OSi.Pt/c1-4-16-38(17-5-1)60-49-25-13-11-23-45(49)46-30-31-50-55(54(46)60)63(41-18-6-2-7-19-41,42-20-8-3-9-21-42)52-32-28-40(37-51(52)61(50)53-26-14-15-33-57-53)62-39-27-29-43-44-22-10-12-24-48(44)59-35-34-58-56(59)47(43)36-39;/h1-35H;/q-2;+2. The van der Waals surface area contributed by atoms with Crippen molar-refractivity contribution in [2.24, 2.45) is 0 Å². The summed E-state index contributed by atoms with van der Waals surface area (Å²) in [6, 6.07) is 77.0. The van der Waals surface area contributed by atoms with Gasteiger partial charge in [0.1, 0.15) is 13.9 Å². The molecular formula is C56H35N5OPtSi. The molecule has 64 heavy (non-hydrogen) atoms. The van der Waals surface area contributed by atoms with Gasteiger partial charge in [-0.25, -0.2) is 4.98 Å². The molecule has 0 atom stereocenters. The number of rotatable bonds is 6. The number of para-hydroxylation sites is 3. The van der Waals surface area contributed by atoms with E-state index in [1.165, 1.54) is 37.0 Å². The predicted molar refractivity (Wildman–Crippen MR) is 258 cm³/mol. The molecule has 0 N–H and O–H groups in total. The van der Waals surface area contributed by atoms with Gasteiger partial charge in [0.2, 0.25) is 0 Å². The van der Waals surface area contributed by atoms with E-state index in [0.29, 0.717) is 11.5 Å². The third-order valence-electron chi connectivity index (χ3n) is 12.7. The van der Waals surface area contributed by atoms with E-state index in [1.807, 2.05) is 30.7 Å². The number of ether oxygens (including phenoxy) is 1. The minimum atomic E-state index is -3.24. The van der Waals surface area contributed by atoms with E-state index >= 15 is 0 Å². The maximum atomic E-state index is 6.85. The molecule has 12 aromatic rings. The second-order valence-electron chi connectivity index (χ2n) is 16.0. The molecule has 13 rings (SSSR count). The Hall–Kier alpha value is -7.57. The average Bonchev–Trinajstić information content (AvgIpc) is 3.99. The van der Waals surface area contributed by atoms with Crippen LogP contribution >= 0.6 is 0 Å². The molecule has 0 radical (unpaired) electrons. The third-order valence-corrected chi connectivity index (χ3v) is 17.6. The molecule has 0 fully saturated rings. The third kappa shape index (κ3) is 5.54. The minimum absolute atomic E-state index is 0. The van der Waals surface area contributed by atoms with Crippen molar-refractivity contribution in [1.29, 1.82) is 0 Å². The molecule has 0 saturated carbocycles. The molecule has 0 bridgehead atoms. The molecule has 6 nitrogen and oxygen atoms in total. The summed E-state index contributed by atoms with van der Waals surface area (Å²) in [5.74, 6) is 1.96. The summed E-state index contributed by atoms with van der Waals surface area (Å²) in [5, 5.41) is 10.6. The Kier molecular flexibility index (Phi) is 8.97. The van der Waals surface area contributed by atoms with Gasteiger partial charge in [0.25, 0.3) is 0 Å². The van der Waals surface area contributed by atoms with Gasteiger partial charge >= 0.3 is 21.1 Å². The topological polar surface area (TPSA) is 47.6 Å². The van der Waals surface area contributed by atoms with Crippen LogP contribution in [0.1, 0.15) is 0 Å². The Bertz CT molecular complexity index is 3690. The van der Waals surface area contributed by atoms with Gasteiger partial charge in [-0.3, -0.25) is 4.98 Å². The van der Waals surface area contributed by atoms with Crippen molar-refractivity contribution in [3.05, 3.63) is 225 Å². The van der Waals surface area contributed by atoms with Crippen molar-refractivity contribution in [2.75, 3.05) is 4.90 Å². The van der Waals surface area contributed by atoms with Gasteiger partial charge in [0.15, 0.2) is 0 Å². The Morgan fingerprint density at radius 1 is 0.500 bits per heavy atom. The maximum absolute atomic E-state index is 6.85. The quantitative estimate of drug-likeness (QED) is 0.0946. The van der Waals surface area contributed by atoms with Crippen molar-refractivity contribution in [2.45, 2.75) is 0 Å². The molecule has 8 heteroatoms. The molecule has 0 aliphatic carbocycles. The molecule has 5 heterocycles. The van der Waals surface area contributed by atoms with Crippen LogP contribution in [0.2, 0.25) is 0 Å². The second kappa shape index (κ2) is 15.1. The first kappa shape index (κ1) is 38.1. The molecule has 0 amide bonds. The SMILES string of the molecule is [Pt+2].[c-]1c(Oc2[c-]c3c(cc2)c2ccccc2n2ccnc32)ccc2c1N(c1ccccn1)c1ccc3c4ccccc4n(-c4ccccc4)c3c1[Si]2(c1ccccc1)c1ccccc1. The summed E-state index contributed by atoms with van der Waals surface area (Å²) >= 11 is 0. The Morgan fingerprint density at radius 2 is 1.12 bits per heavy atom. The molecule has 8 aromatic carbocycles. The first-order chi connectivity index (χ1) is 31.3. The van der Waals surface area contributed by atoms with Gasteiger partial charge in [-0.1, -0.05) is 160 Å². The molecule has 0 spiro atoms. The van der Waals surface area contributed by atoms with Crippen LogP contribution in [0.3, 0.4) is 0 Å². The van der Waals surface area contributed by atoms with Gasteiger partial charge in [-0.15, -0.1) is 29.5 Å². The van der Waals surface area contributed by atoms with Crippen molar-refractivity contribution >= 4 is 95.1 Å². The Labute approximate surface area is 384 Å². The molecule has 304 valence electrons. The average molecular weight is 1020 g/mol. The van der Waals surface area contributed by atoms with Gasteiger partial charge in [-0.2, -0.15) is 6.07 Å². The van der Waals surface area contributed by atoms with Crippen molar-refractivity contribution in [1.82, 2.24) is 18.9 Å². The monoisotopic (exact) mass is 1020 g/mol. The number of benzene rings is 8. The Morgan fingerprint density at radius 3 is 1.86 bits per heavy atom. The summed E-state index contributed by atoms with van der Waals surface area (Å²) in [6.07, 6.45) is 5.71. The second-order valence-corrected chi connectivity index (χ2v) is 19.7. The van der Waals surface area contributed by atoms with E-state index in [-0.39, 0.29) is 21.1 Å². The van der Waals surface area contributed by atoms with E-state index in [0.717, 1.165) is 55.7 Å². The zero-order valence-electron chi connectivity index (χ0n) is 34.2. The van der Waals surface area contributed by atoms with Gasteiger partial charge in [0, 0.05) is 57.8 Å². The molecule has 1 aliphatic rings.